The minimum Gasteiger partial charge on any atom is -0.388 e. The average Bonchev–Trinajstić information content (AvgIpc) is 2.50. The van der Waals surface area contributed by atoms with Crippen molar-refractivity contribution in [3.05, 3.63) is 24.4 Å². The Kier molecular flexibility index (Phi) is 3.81. The normalized spacial score (nSPS) is 15.8. The third-order valence-corrected chi connectivity index (χ3v) is 1.99. The average molecular weight is 151 g/mol. The summed E-state index contributed by atoms with van der Waals surface area (Å²) in [5, 5.41) is 3.37. The number of rotatable bonds is 5. The minimum atomic E-state index is 1.15. The largest absolute Gasteiger partial charge is 0.388 e. The smallest absolute Gasteiger partial charge is 0.0179 e. The molecule has 0 amide bonds. The quantitative estimate of drug-likeness (QED) is 0.470. The van der Waals surface area contributed by atoms with Gasteiger partial charge in [0.2, 0.25) is 0 Å². The topological polar surface area (TPSA) is 12.0 Å². The predicted molar refractivity (Wildman–Crippen MR) is 49.4 cm³/mol. The molecule has 0 unspecified atom stereocenters. The van der Waals surface area contributed by atoms with Gasteiger partial charge in [-0.1, -0.05) is 12.2 Å². The maximum absolute atomic E-state index is 3.70. The first-order valence-electron chi connectivity index (χ1n) is 4.47. The van der Waals surface area contributed by atoms with Crippen LogP contribution in [-0.4, -0.2) is 6.54 Å². The van der Waals surface area contributed by atoms with E-state index in [4.69, 9.17) is 0 Å². The molecule has 0 bridgehead atoms. The molecular weight excluding hydrogens is 134 g/mol. The fourth-order valence-corrected chi connectivity index (χ4v) is 1.35. The van der Waals surface area contributed by atoms with E-state index in [-0.39, 0.29) is 0 Å². The second-order valence-corrected chi connectivity index (χ2v) is 2.98. The van der Waals surface area contributed by atoms with Crippen LogP contribution in [0.15, 0.2) is 24.4 Å². The van der Waals surface area contributed by atoms with Crippen molar-refractivity contribution in [1.82, 2.24) is 5.32 Å². The van der Waals surface area contributed by atoms with Crippen molar-refractivity contribution in [3.8, 4) is 0 Å². The summed E-state index contributed by atoms with van der Waals surface area (Å²) in [5.41, 5.74) is 1.45. The third-order valence-electron chi connectivity index (χ3n) is 1.99. The van der Waals surface area contributed by atoms with Crippen molar-refractivity contribution >= 4 is 0 Å². The van der Waals surface area contributed by atoms with Crippen molar-refractivity contribution in [2.75, 3.05) is 6.54 Å². The Labute approximate surface area is 69.2 Å². The van der Waals surface area contributed by atoms with Crippen molar-refractivity contribution in [1.29, 1.82) is 0 Å². The molecule has 0 fully saturated rings. The van der Waals surface area contributed by atoms with Crippen molar-refractivity contribution in [2.45, 2.75) is 32.1 Å². The number of unbranched alkanes of at least 4 members (excludes halogenated alkanes) is 2. The maximum Gasteiger partial charge on any atom is 0.0179 e. The van der Waals surface area contributed by atoms with Gasteiger partial charge < -0.3 is 5.32 Å². The molecule has 0 aromatic heterocycles. The number of nitrogens with one attached hydrogen (secondary N) is 1. The monoisotopic (exact) mass is 151 g/mol. The molecule has 0 saturated heterocycles. The minimum absolute atomic E-state index is 1.15. The van der Waals surface area contributed by atoms with Gasteiger partial charge in [0.15, 0.2) is 0 Å². The summed E-state index contributed by atoms with van der Waals surface area (Å²) in [6, 6.07) is 0. The number of allylic oxidation sites excluding steroid dienone is 2. The molecule has 1 heterocycles. The SMILES string of the molecule is C=CCCCCC1=CCCN1. The molecule has 1 nitrogen and oxygen atoms in total. The van der Waals surface area contributed by atoms with E-state index >= 15 is 0 Å². The molecule has 1 aliphatic heterocycles. The zero-order valence-corrected chi connectivity index (χ0v) is 7.10. The van der Waals surface area contributed by atoms with Gasteiger partial charge in [0.05, 0.1) is 0 Å². The molecule has 0 aromatic carbocycles. The van der Waals surface area contributed by atoms with E-state index in [2.05, 4.69) is 18.0 Å². The lowest BCUT2D eigenvalue weighted by Crippen LogP contribution is -2.06. The van der Waals surface area contributed by atoms with Gasteiger partial charge in [-0.2, -0.15) is 0 Å². The second kappa shape index (κ2) is 5.00. The lowest BCUT2D eigenvalue weighted by atomic mass is 10.1. The molecular formula is C10H17N. The van der Waals surface area contributed by atoms with Crippen LogP contribution in [-0.2, 0) is 0 Å². The molecule has 1 N–H and O–H groups in total. The molecule has 0 saturated carbocycles. The zero-order valence-electron chi connectivity index (χ0n) is 7.10. The van der Waals surface area contributed by atoms with Gasteiger partial charge in [-0.15, -0.1) is 6.58 Å². The molecule has 0 radical (unpaired) electrons. The Morgan fingerprint density at radius 1 is 1.55 bits per heavy atom. The fraction of sp³-hybridized carbons (Fsp3) is 0.600. The van der Waals surface area contributed by atoms with Crippen LogP contribution in [0.25, 0.3) is 0 Å². The predicted octanol–water partition coefficient (Wildman–Crippen LogP) is 2.61. The summed E-state index contributed by atoms with van der Waals surface area (Å²) in [4.78, 5) is 0. The Bertz CT molecular complexity index is 147. The molecule has 0 aliphatic carbocycles. The standard InChI is InChI=1S/C10H17N/c1-2-3-4-5-7-10-8-6-9-11-10/h2,8,11H,1,3-7,9H2. The van der Waals surface area contributed by atoms with E-state index in [1.165, 1.54) is 31.4 Å². The van der Waals surface area contributed by atoms with Crippen LogP contribution in [0, 0.1) is 0 Å². The van der Waals surface area contributed by atoms with Crippen molar-refractivity contribution in [2.24, 2.45) is 0 Å². The second-order valence-electron chi connectivity index (χ2n) is 2.98. The Balaban J connectivity index is 1.98. The van der Waals surface area contributed by atoms with Crippen molar-refractivity contribution in [3.63, 3.8) is 0 Å². The van der Waals surface area contributed by atoms with Crippen LogP contribution in [0.1, 0.15) is 32.1 Å². The molecule has 0 atom stereocenters. The van der Waals surface area contributed by atoms with Crippen molar-refractivity contribution < 1.29 is 0 Å². The summed E-state index contributed by atoms with van der Waals surface area (Å²) in [6.07, 6.45) is 10.5. The van der Waals surface area contributed by atoms with Gasteiger partial charge in [0, 0.05) is 12.2 Å². The summed E-state index contributed by atoms with van der Waals surface area (Å²) < 4.78 is 0. The van der Waals surface area contributed by atoms with E-state index in [1.54, 1.807) is 0 Å². The van der Waals surface area contributed by atoms with Gasteiger partial charge in [0.1, 0.15) is 0 Å². The van der Waals surface area contributed by atoms with E-state index in [0.717, 1.165) is 13.0 Å². The highest BCUT2D eigenvalue weighted by Gasteiger charge is 2.00. The molecule has 0 spiro atoms. The van der Waals surface area contributed by atoms with Crippen LogP contribution < -0.4 is 5.32 Å². The number of hydrogen-bond donors (Lipinski definition) is 1. The molecule has 1 aliphatic rings. The van der Waals surface area contributed by atoms with Crippen LogP contribution in [0.2, 0.25) is 0 Å². The van der Waals surface area contributed by atoms with Gasteiger partial charge in [0.25, 0.3) is 0 Å². The van der Waals surface area contributed by atoms with Crippen LogP contribution in [0.4, 0.5) is 0 Å². The molecule has 1 heteroatoms. The summed E-state index contributed by atoms with van der Waals surface area (Å²) >= 11 is 0. The molecule has 62 valence electrons. The van der Waals surface area contributed by atoms with Gasteiger partial charge in [-0.25, -0.2) is 0 Å². The van der Waals surface area contributed by atoms with E-state index in [1.807, 2.05) is 6.08 Å². The van der Waals surface area contributed by atoms with Gasteiger partial charge >= 0.3 is 0 Å². The maximum atomic E-state index is 3.70. The van der Waals surface area contributed by atoms with E-state index in [0.29, 0.717) is 0 Å². The highest BCUT2D eigenvalue weighted by molar-refractivity contribution is 5.05. The molecule has 11 heavy (non-hydrogen) atoms. The highest BCUT2D eigenvalue weighted by atomic mass is 14.9. The highest BCUT2D eigenvalue weighted by Crippen LogP contribution is 2.10. The molecule has 0 aromatic rings. The van der Waals surface area contributed by atoms with Gasteiger partial charge in [-0.3, -0.25) is 0 Å². The first kappa shape index (κ1) is 8.38. The summed E-state index contributed by atoms with van der Waals surface area (Å²) in [5.74, 6) is 0. The Hall–Kier alpha value is -0.720. The van der Waals surface area contributed by atoms with Crippen LogP contribution in [0.3, 0.4) is 0 Å². The van der Waals surface area contributed by atoms with Crippen LogP contribution in [0.5, 0.6) is 0 Å². The van der Waals surface area contributed by atoms with E-state index in [9.17, 15) is 0 Å². The third kappa shape index (κ3) is 3.26. The first-order chi connectivity index (χ1) is 5.43. The fourth-order valence-electron chi connectivity index (χ4n) is 1.35. The first-order valence-corrected chi connectivity index (χ1v) is 4.47. The Morgan fingerprint density at radius 3 is 3.09 bits per heavy atom. The van der Waals surface area contributed by atoms with Gasteiger partial charge in [-0.05, 0) is 32.1 Å². The number of hydrogen-bond acceptors (Lipinski definition) is 1. The van der Waals surface area contributed by atoms with Crippen LogP contribution >= 0.6 is 0 Å². The summed E-state index contributed by atoms with van der Waals surface area (Å²) in [6.45, 7) is 4.85. The van der Waals surface area contributed by atoms with E-state index < -0.39 is 0 Å². The lowest BCUT2D eigenvalue weighted by molar-refractivity contribution is 0.708. The zero-order chi connectivity index (χ0) is 7.94. The molecule has 1 rings (SSSR count). The lowest BCUT2D eigenvalue weighted by Gasteiger charge is -2.01. The Morgan fingerprint density at radius 2 is 2.45 bits per heavy atom. The summed E-state index contributed by atoms with van der Waals surface area (Å²) in [7, 11) is 0.